The number of hydrogen-bond donors (Lipinski definition) is 2. The number of rotatable bonds is 4. The number of carbonyl (C=O) groups is 1. The van der Waals surface area contributed by atoms with Gasteiger partial charge in [0, 0.05) is 16.7 Å². The summed E-state index contributed by atoms with van der Waals surface area (Å²) in [6.07, 6.45) is 2.42. The molecule has 0 radical (unpaired) electrons. The molecule has 6 heteroatoms. The van der Waals surface area contributed by atoms with Crippen LogP contribution < -0.4 is 11.1 Å². The van der Waals surface area contributed by atoms with Gasteiger partial charge in [0.05, 0.1) is 5.02 Å². The average Bonchev–Trinajstić information content (AvgIpc) is 2.66. The molecule has 0 aromatic heterocycles. The summed E-state index contributed by atoms with van der Waals surface area (Å²) in [5.41, 5.74) is 5.89. The van der Waals surface area contributed by atoms with Crippen LogP contribution in [0.2, 0.25) is 5.02 Å². The molecule has 1 saturated heterocycles. The van der Waals surface area contributed by atoms with Gasteiger partial charge in [0.1, 0.15) is 5.54 Å². The van der Waals surface area contributed by atoms with E-state index in [2.05, 4.69) is 33.1 Å². The van der Waals surface area contributed by atoms with Gasteiger partial charge in [0.25, 0.3) is 0 Å². The molecular weight excluding hydrogens is 354 g/mol. The van der Waals surface area contributed by atoms with E-state index in [1.165, 1.54) is 0 Å². The summed E-state index contributed by atoms with van der Waals surface area (Å²) in [6.45, 7) is 5.03. The predicted molar refractivity (Wildman–Crippen MR) is 90.7 cm³/mol. The van der Waals surface area contributed by atoms with Crippen molar-refractivity contribution in [2.24, 2.45) is 5.73 Å². The lowest BCUT2D eigenvalue weighted by molar-refractivity contribution is -0.122. The van der Waals surface area contributed by atoms with Crippen molar-refractivity contribution >= 4 is 39.1 Å². The molecule has 2 rings (SSSR count). The van der Waals surface area contributed by atoms with Crippen LogP contribution in [-0.2, 0) is 4.79 Å². The second-order valence-corrected chi connectivity index (χ2v) is 6.75. The second kappa shape index (κ2) is 6.99. The molecule has 1 aliphatic rings. The smallest absolute Gasteiger partial charge is 0.243 e. The molecule has 4 nitrogen and oxygen atoms in total. The highest BCUT2D eigenvalue weighted by Crippen LogP contribution is 2.31. The molecule has 0 aliphatic carbocycles. The van der Waals surface area contributed by atoms with E-state index < -0.39 is 5.54 Å². The quantitative estimate of drug-likeness (QED) is 0.850. The normalized spacial score (nSPS) is 23.6. The lowest BCUT2D eigenvalue weighted by Gasteiger charge is -2.32. The standard InChI is InChI=1S/C15H21BrClN3O/c1-2-20-8-3-6-15(7-9-20,14(18)21)19-11-4-5-13(17)12(16)10-11/h4-5,10,19H,2-3,6-9H2,1H3,(H2,18,21). The van der Waals surface area contributed by atoms with Gasteiger partial charge in [-0.05, 0) is 66.5 Å². The Bertz CT molecular complexity index is 526. The fourth-order valence-electron chi connectivity index (χ4n) is 2.79. The Morgan fingerprint density at radius 1 is 1.48 bits per heavy atom. The summed E-state index contributed by atoms with van der Waals surface area (Å²) >= 11 is 9.42. The van der Waals surface area contributed by atoms with Crippen LogP contribution in [-0.4, -0.2) is 36.0 Å². The van der Waals surface area contributed by atoms with E-state index in [0.29, 0.717) is 5.02 Å². The van der Waals surface area contributed by atoms with E-state index in [1.807, 2.05) is 12.1 Å². The lowest BCUT2D eigenvalue weighted by Crippen LogP contribution is -2.51. The van der Waals surface area contributed by atoms with Crippen LogP contribution in [0.25, 0.3) is 0 Å². The Labute approximate surface area is 139 Å². The first kappa shape index (κ1) is 16.6. The van der Waals surface area contributed by atoms with E-state index in [-0.39, 0.29) is 5.91 Å². The fraction of sp³-hybridized carbons (Fsp3) is 0.533. The van der Waals surface area contributed by atoms with Crippen LogP contribution in [0.5, 0.6) is 0 Å². The second-order valence-electron chi connectivity index (χ2n) is 5.49. The number of nitrogens with two attached hydrogens (primary N) is 1. The first-order valence-corrected chi connectivity index (χ1v) is 8.39. The van der Waals surface area contributed by atoms with Gasteiger partial charge in [-0.15, -0.1) is 0 Å². The third kappa shape index (κ3) is 3.90. The SMILES string of the molecule is CCN1CCCC(Nc2ccc(Cl)c(Br)c2)(C(N)=O)CC1. The number of carbonyl (C=O) groups excluding carboxylic acids is 1. The molecule has 1 aromatic rings. The third-order valence-electron chi connectivity index (χ3n) is 4.15. The highest BCUT2D eigenvalue weighted by Gasteiger charge is 2.38. The van der Waals surface area contributed by atoms with E-state index in [0.717, 1.165) is 49.1 Å². The van der Waals surface area contributed by atoms with Gasteiger partial charge in [-0.3, -0.25) is 4.79 Å². The van der Waals surface area contributed by atoms with Crippen molar-refractivity contribution in [3.05, 3.63) is 27.7 Å². The Morgan fingerprint density at radius 3 is 2.86 bits per heavy atom. The Kier molecular flexibility index (Phi) is 5.52. The molecule has 1 heterocycles. The minimum absolute atomic E-state index is 0.286. The molecular formula is C15H21BrClN3O. The Balaban J connectivity index is 2.21. The van der Waals surface area contributed by atoms with Crippen molar-refractivity contribution in [2.45, 2.75) is 31.7 Å². The number of halogens is 2. The molecule has 0 saturated carbocycles. The number of anilines is 1. The van der Waals surface area contributed by atoms with Gasteiger partial charge in [-0.25, -0.2) is 0 Å². The Morgan fingerprint density at radius 2 is 2.24 bits per heavy atom. The number of amides is 1. The molecule has 1 unspecified atom stereocenters. The number of nitrogens with one attached hydrogen (secondary N) is 1. The molecule has 1 amide bonds. The van der Waals surface area contributed by atoms with Gasteiger partial charge < -0.3 is 16.0 Å². The number of nitrogens with zero attached hydrogens (tertiary/aromatic N) is 1. The zero-order chi connectivity index (χ0) is 15.5. The lowest BCUT2D eigenvalue weighted by atomic mass is 9.89. The number of benzene rings is 1. The Hall–Kier alpha value is -0.780. The first-order chi connectivity index (χ1) is 9.97. The van der Waals surface area contributed by atoms with Gasteiger partial charge in [-0.2, -0.15) is 0 Å². The summed E-state index contributed by atoms with van der Waals surface area (Å²) in [4.78, 5) is 14.4. The third-order valence-corrected chi connectivity index (χ3v) is 5.37. The highest BCUT2D eigenvalue weighted by molar-refractivity contribution is 9.10. The zero-order valence-corrected chi connectivity index (χ0v) is 14.5. The molecule has 1 aliphatic heterocycles. The molecule has 1 fully saturated rings. The largest absolute Gasteiger partial charge is 0.371 e. The van der Waals surface area contributed by atoms with Gasteiger partial charge >= 0.3 is 0 Å². The summed E-state index contributed by atoms with van der Waals surface area (Å²) < 4.78 is 0.803. The molecule has 3 N–H and O–H groups in total. The van der Waals surface area contributed by atoms with Crippen LogP contribution in [0.15, 0.2) is 22.7 Å². The van der Waals surface area contributed by atoms with Crippen LogP contribution in [0.4, 0.5) is 5.69 Å². The van der Waals surface area contributed by atoms with Gasteiger partial charge in [0.2, 0.25) is 5.91 Å². The molecule has 0 spiro atoms. The van der Waals surface area contributed by atoms with E-state index >= 15 is 0 Å². The maximum absolute atomic E-state index is 12.1. The highest BCUT2D eigenvalue weighted by atomic mass is 79.9. The predicted octanol–water partition coefficient (Wildman–Crippen LogP) is 3.24. The van der Waals surface area contributed by atoms with Crippen molar-refractivity contribution < 1.29 is 4.79 Å². The number of hydrogen-bond acceptors (Lipinski definition) is 3. The van der Waals surface area contributed by atoms with Crippen LogP contribution >= 0.6 is 27.5 Å². The van der Waals surface area contributed by atoms with Crippen molar-refractivity contribution in [1.82, 2.24) is 4.90 Å². The average molecular weight is 375 g/mol. The zero-order valence-electron chi connectivity index (χ0n) is 12.2. The summed E-state index contributed by atoms with van der Waals surface area (Å²) in [7, 11) is 0. The first-order valence-electron chi connectivity index (χ1n) is 7.22. The maximum Gasteiger partial charge on any atom is 0.243 e. The van der Waals surface area contributed by atoms with Gasteiger partial charge in [-0.1, -0.05) is 18.5 Å². The summed E-state index contributed by atoms with van der Waals surface area (Å²) in [5, 5.41) is 4.00. The monoisotopic (exact) mass is 373 g/mol. The van der Waals surface area contributed by atoms with E-state index in [1.54, 1.807) is 6.07 Å². The van der Waals surface area contributed by atoms with Crippen LogP contribution in [0.3, 0.4) is 0 Å². The van der Waals surface area contributed by atoms with E-state index in [9.17, 15) is 4.79 Å². The minimum atomic E-state index is -0.683. The minimum Gasteiger partial charge on any atom is -0.371 e. The van der Waals surface area contributed by atoms with Crippen molar-refractivity contribution in [3.8, 4) is 0 Å². The topological polar surface area (TPSA) is 58.4 Å². The number of primary amides is 1. The molecule has 116 valence electrons. The molecule has 1 aromatic carbocycles. The van der Waals surface area contributed by atoms with Crippen molar-refractivity contribution in [2.75, 3.05) is 25.0 Å². The van der Waals surface area contributed by atoms with Crippen molar-refractivity contribution in [3.63, 3.8) is 0 Å². The fourth-order valence-corrected chi connectivity index (χ4v) is 3.29. The van der Waals surface area contributed by atoms with Crippen molar-refractivity contribution in [1.29, 1.82) is 0 Å². The maximum atomic E-state index is 12.1. The van der Waals surface area contributed by atoms with E-state index in [4.69, 9.17) is 17.3 Å². The molecule has 21 heavy (non-hydrogen) atoms. The molecule has 0 bridgehead atoms. The number of likely N-dealkylation sites (tertiary alicyclic amines) is 1. The summed E-state index contributed by atoms with van der Waals surface area (Å²) in [6, 6.07) is 5.56. The summed E-state index contributed by atoms with van der Waals surface area (Å²) in [5.74, 6) is -0.286. The molecule has 1 atom stereocenters. The van der Waals surface area contributed by atoms with Crippen LogP contribution in [0.1, 0.15) is 26.2 Å². The van der Waals surface area contributed by atoms with Crippen LogP contribution in [0, 0.1) is 0 Å². The van der Waals surface area contributed by atoms with Gasteiger partial charge in [0.15, 0.2) is 0 Å².